The normalized spacial score (nSPS) is 30.8. The Labute approximate surface area is 112 Å². The third-order valence-electron chi connectivity index (χ3n) is 4.15. The van der Waals surface area contributed by atoms with Crippen LogP contribution in [0.5, 0.6) is 0 Å². The number of carboxylic acid groups (broad SMARTS) is 1. The van der Waals surface area contributed by atoms with Crippen LogP contribution in [0.3, 0.4) is 0 Å². The molecule has 0 aromatic rings. The predicted molar refractivity (Wildman–Crippen MR) is 67.5 cm³/mol. The summed E-state index contributed by atoms with van der Waals surface area (Å²) in [6.07, 6.45) is 3.54. The monoisotopic (exact) mass is 268 g/mol. The van der Waals surface area contributed by atoms with Gasteiger partial charge in [0.05, 0.1) is 0 Å². The van der Waals surface area contributed by atoms with Gasteiger partial charge < -0.3 is 10.4 Å². The fourth-order valence-electron chi connectivity index (χ4n) is 2.86. The smallest absolute Gasteiger partial charge is 0.325 e. The van der Waals surface area contributed by atoms with Crippen molar-refractivity contribution in [2.24, 2.45) is 5.92 Å². The molecule has 3 amide bonds. The molecule has 1 aliphatic carbocycles. The maximum absolute atomic E-state index is 12.4. The van der Waals surface area contributed by atoms with Crippen LogP contribution in [-0.2, 0) is 9.59 Å². The number of amides is 3. The van der Waals surface area contributed by atoms with Gasteiger partial charge in [-0.25, -0.2) is 4.79 Å². The molecule has 0 atom stereocenters. The summed E-state index contributed by atoms with van der Waals surface area (Å²) in [5.41, 5.74) is -0.715. The van der Waals surface area contributed by atoms with Crippen LogP contribution < -0.4 is 5.32 Å². The van der Waals surface area contributed by atoms with E-state index in [0.29, 0.717) is 25.2 Å². The molecule has 0 bridgehead atoms. The second-order valence-corrected chi connectivity index (χ2v) is 5.65. The molecular weight excluding hydrogens is 248 g/mol. The van der Waals surface area contributed by atoms with E-state index in [1.54, 1.807) is 0 Å². The summed E-state index contributed by atoms with van der Waals surface area (Å²) in [5.74, 6) is -0.487. The maximum atomic E-state index is 12.4. The van der Waals surface area contributed by atoms with Crippen molar-refractivity contribution in [3.05, 3.63) is 0 Å². The van der Waals surface area contributed by atoms with Gasteiger partial charge in [0.1, 0.15) is 5.54 Å². The average Bonchev–Trinajstić information content (AvgIpc) is 2.57. The van der Waals surface area contributed by atoms with Crippen LogP contribution in [0.1, 0.15) is 45.4 Å². The highest BCUT2D eigenvalue weighted by Crippen LogP contribution is 2.36. The molecule has 1 heterocycles. The summed E-state index contributed by atoms with van der Waals surface area (Å²) in [6, 6.07) is -0.370. The summed E-state index contributed by atoms with van der Waals surface area (Å²) in [4.78, 5) is 35.9. The van der Waals surface area contributed by atoms with E-state index in [4.69, 9.17) is 5.11 Å². The lowest BCUT2D eigenvalue weighted by Crippen LogP contribution is -2.49. The molecule has 1 saturated heterocycles. The molecule has 1 aliphatic heterocycles. The number of aliphatic carboxylic acids is 1. The van der Waals surface area contributed by atoms with Gasteiger partial charge in [0.25, 0.3) is 5.91 Å². The third kappa shape index (κ3) is 2.72. The van der Waals surface area contributed by atoms with Gasteiger partial charge in [-0.05, 0) is 38.0 Å². The van der Waals surface area contributed by atoms with Crippen LogP contribution in [-0.4, -0.2) is 40.0 Å². The van der Waals surface area contributed by atoms with Gasteiger partial charge >= 0.3 is 12.0 Å². The van der Waals surface area contributed by atoms with E-state index >= 15 is 0 Å². The molecule has 2 rings (SSSR count). The quantitative estimate of drug-likeness (QED) is 0.753. The van der Waals surface area contributed by atoms with E-state index in [1.165, 1.54) is 4.90 Å². The lowest BCUT2D eigenvalue weighted by molar-refractivity contribution is -0.138. The van der Waals surface area contributed by atoms with E-state index < -0.39 is 11.5 Å². The van der Waals surface area contributed by atoms with Crippen molar-refractivity contribution in [1.29, 1.82) is 0 Å². The summed E-state index contributed by atoms with van der Waals surface area (Å²) in [5, 5.41) is 11.4. The van der Waals surface area contributed by atoms with Gasteiger partial charge in [-0.15, -0.1) is 0 Å². The number of urea groups is 1. The number of carbonyl (C=O) groups is 3. The SMILES string of the molecule is CC1CCC2(CC1)NC(=O)N(CCCC(=O)O)C2=O. The van der Waals surface area contributed by atoms with Crippen molar-refractivity contribution < 1.29 is 19.5 Å². The highest BCUT2D eigenvalue weighted by atomic mass is 16.4. The van der Waals surface area contributed by atoms with Crippen LogP contribution in [0.2, 0.25) is 0 Å². The lowest BCUT2D eigenvalue weighted by Gasteiger charge is -2.33. The molecule has 1 saturated carbocycles. The number of hydrogen-bond donors (Lipinski definition) is 2. The van der Waals surface area contributed by atoms with Crippen LogP contribution in [0.4, 0.5) is 4.79 Å². The van der Waals surface area contributed by atoms with Crippen LogP contribution >= 0.6 is 0 Å². The molecule has 6 nitrogen and oxygen atoms in total. The molecule has 19 heavy (non-hydrogen) atoms. The van der Waals surface area contributed by atoms with Crippen molar-refractivity contribution >= 4 is 17.9 Å². The van der Waals surface area contributed by atoms with Crippen molar-refractivity contribution in [3.63, 3.8) is 0 Å². The highest BCUT2D eigenvalue weighted by Gasteiger charge is 2.51. The van der Waals surface area contributed by atoms with Crippen molar-refractivity contribution in [3.8, 4) is 0 Å². The van der Waals surface area contributed by atoms with E-state index in [-0.39, 0.29) is 24.9 Å². The standard InChI is InChI=1S/C13H20N2O4/c1-9-4-6-13(7-5-9)11(18)15(12(19)14-13)8-2-3-10(16)17/h9H,2-8H2,1H3,(H,14,19)(H,16,17). The molecule has 2 aliphatic rings. The Morgan fingerprint density at radius 1 is 1.42 bits per heavy atom. The topological polar surface area (TPSA) is 86.7 Å². The van der Waals surface area contributed by atoms with Crippen LogP contribution in [0, 0.1) is 5.92 Å². The molecule has 0 aromatic carbocycles. The largest absolute Gasteiger partial charge is 0.481 e. The van der Waals surface area contributed by atoms with Gasteiger partial charge in [-0.3, -0.25) is 14.5 Å². The number of nitrogens with zero attached hydrogens (tertiary/aromatic N) is 1. The molecular formula is C13H20N2O4. The van der Waals surface area contributed by atoms with Gasteiger partial charge in [0.15, 0.2) is 0 Å². The minimum absolute atomic E-state index is 0.0267. The molecule has 2 fully saturated rings. The number of carboxylic acids is 1. The Kier molecular flexibility index (Phi) is 3.78. The first-order chi connectivity index (χ1) is 8.94. The Balaban J connectivity index is 1.98. The van der Waals surface area contributed by atoms with Gasteiger partial charge in [-0.1, -0.05) is 6.92 Å². The lowest BCUT2D eigenvalue weighted by atomic mass is 9.77. The summed E-state index contributed by atoms with van der Waals surface area (Å²) < 4.78 is 0. The fourth-order valence-corrected chi connectivity index (χ4v) is 2.86. The molecule has 106 valence electrons. The zero-order valence-electron chi connectivity index (χ0n) is 11.1. The number of carbonyl (C=O) groups excluding carboxylic acids is 2. The summed E-state index contributed by atoms with van der Waals surface area (Å²) >= 11 is 0. The van der Waals surface area contributed by atoms with Crippen molar-refractivity contribution in [2.45, 2.75) is 51.0 Å². The van der Waals surface area contributed by atoms with Crippen molar-refractivity contribution in [2.75, 3.05) is 6.54 Å². The Bertz CT molecular complexity index is 399. The third-order valence-corrected chi connectivity index (χ3v) is 4.15. The molecule has 2 N–H and O–H groups in total. The minimum Gasteiger partial charge on any atom is -0.481 e. The number of imide groups is 1. The second-order valence-electron chi connectivity index (χ2n) is 5.65. The predicted octanol–water partition coefficient (Wildman–Crippen LogP) is 1.35. The van der Waals surface area contributed by atoms with Gasteiger partial charge in [-0.2, -0.15) is 0 Å². The maximum Gasteiger partial charge on any atom is 0.325 e. The van der Waals surface area contributed by atoms with E-state index in [9.17, 15) is 14.4 Å². The zero-order valence-corrected chi connectivity index (χ0v) is 11.1. The molecule has 1 spiro atoms. The van der Waals surface area contributed by atoms with E-state index in [2.05, 4.69) is 12.2 Å². The van der Waals surface area contributed by atoms with Gasteiger partial charge in [0.2, 0.25) is 0 Å². The number of rotatable bonds is 4. The molecule has 0 radical (unpaired) electrons. The van der Waals surface area contributed by atoms with Crippen LogP contribution in [0.25, 0.3) is 0 Å². The van der Waals surface area contributed by atoms with Crippen LogP contribution in [0.15, 0.2) is 0 Å². The second kappa shape index (κ2) is 5.19. The highest BCUT2D eigenvalue weighted by molar-refractivity contribution is 6.07. The van der Waals surface area contributed by atoms with E-state index in [1.807, 2.05) is 0 Å². The Hall–Kier alpha value is -1.59. The first-order valence-electron chi connectivity index (χ1n) is 6.80. The van der Waals surface area contributed by atoms with Crippen molar-refractivity contribution in [1.82, 2.24) is 10.2 Å². The number of nitrogens with one attached hydrogen (secondary N) is 1. The minimum atomic E-state index is -0.909. The first-order valence-corrected chi connectivity index (χ1v) is 6.80. The van der Waals surface area contributed by atoms with E-state index in [0.717, 1.165) is 12.8 Å². The zero-order chi connectivity index (χ0) is 14.0. The molecule has 6 heteroatoms. The first kappa shape index (κ1) is 13.8. The molecule has 0 unspecified atom stereocenters. The van der Waals surface area contributed by atoms with Gasteiger partial charge in [0, 0.05) is 13.0 Å². The average molecular weight is 268 g/mol. The molecule has 0 aromatic heterocycles. The summed E-state index contributed by atoms with van der Waals surface area (Å²) in [7, 11) is 0. The Morgan fingerprint density at radius 2 is 2.05 bits per heavy atom. The fraction of sp³-hybridized carbons (Fsp3) is 0.769. The number of hydrogen-bond acceptors (Lipinski definition) is 3. The summed E-state index contributed by atoms with van der Waals surface area (Å²) in [6.45, 7) is 2.34. The Morgan fingerprint density at radius 3 is 2.63 bits per heavy atom.